The van der Waals surface area contributed by atoms with Crippen molar-refractivity contribution in [1.29, 1.82) is 0 Å². The van der Waals surface area contributed by atoms with Crippen molar-refractivity contribution in [3.63, 3.8) is 0 Å². The number of nitrogen functional groups attached to an aromatic ring is 1. The topological polar surface area (TPSA) is 152 Å². The van der Waals surface area contributed by atoms with E-state index in [0.29, 0.717) is 27.5 Å². The number of aliphatic hydroxyl groups excluding tert-OH is 3. The van der Waals surface area contributed by atoms with E-state index in [2.05, 4.69) is 20.3 Å². The van der Waals surface area contributed by atoms with Crippen LogP contribution in [0.1, 0.15) is 11.8 Å². The van der Waals surface area contributed by atoms with Gasteiger partial charge in [0, 0.05) is 29.1 Å². The third-order valence-electron chi connectivity index (χ3n) is 4.60. The van der Waals surface area contributed by atoms with E-state index in [1.807, 2.05) is 52.9 Å². The average Bonchev–Trinajstić information content (AvgIpc) is 3.18. The van der Waals surface area contributed by atoms with E-state index in [-0.39, 0.29) is 5.82 Å². The standard InChI is InChI=1S/C17H19IN6O4/c18-16-22-13(19)10-14(23-16)24(15-12(27)11(26)9(7-25)28-15)17(21-10)20-6-8-4-2-1-3-5-8/h1-5,9,11-12,15,25-27H,6-7H2,(H,20,21)(H2,19,22,23)/t9-,11?,12?,15-/m1/s1. The fraction of sp³-hybridized carbons (Fsp3) is 0.353. The Morgan fingerprint density at radius 1 is 1.14 bits per heavy atom. The number of ether oxygens (including phenoxy) is 1. The second-order valence-corrected chi connectivity index (χ2v) is 7.39. The normalized spacial score (nSPS) is 24.7. The molecule has 1 aromatic carbocycles. The zero-order chi connectivity index (χ0) is 19.8. The van der Waals surface area contributed by atoms with E-state index in [0.717, 1.165) is 5.56 Å². The fourth-order valence-corrected chi connectivity index (χ4v) is 3.69. The van der Waals surface area contributed by atoms with Gasteiger partial charge in [-0.2, -0.15) is 0 Å². The first-order chi connectivity index (χ1) is 13.5. The highest BCUT2D eigenvalue weighted by atomic mass is 127. The third kappa shape index (κ3) is 3.39. The van der Waals surface area contributed by atoms with Gasteiger partial charge in [-0.15, -0.1) is 0 Å². The molecule has 4 atom stereocenters. The summed E-state index contributed by atoms with van der Waals surface area (Å²) in [7, 11) is 0. The highest BCUT2D eigenvalue weighted by Gasteiger charge is 2.45. The lowest BCUT2D eigenvalue weighted by Crippen LogP contribution is -2.33. The van der Waals surface area contributed by atoms with Gasteiger partial charge in [-0.25, -0.2) is 15.0 Å². The molecule has 1 aliphatic heterocycles. The molecule has 1 saturated heterocycles. The molecule has 3 aromatic rings. The highest BCUT2D eigenvalue weighted by Crippen LogP contribution is 2.35. The number of fused-ring (bicyclic) bond motifs is 1. The summed E-state index contributed by atoms with van der Waals surface area (Å²) in [4.78, 5) is 13.0. The van der Waals surface area contributed by atoms with Crippen molar-refractivity contribution in [2.75, 3.05) is 17.7 Å². The van der Waals surface area contributed by atoms with Gasteiger partial charge in [0.15, 0.2) is 27.0 Å². The van der Waals surface area contributed by atoms with Crippen LogP contribution in [-0.4, -0.2) is 59.8 Å². The highest BCUT2D eigenvalue weighted by molar-refractivity contribution is 14.1. The molecule has 1 aliphatic rings. The zero-order valence-corrected chi connectivity index (χ0v) is 16.8. The number of nitrogens with two attached hydrogens (primary N) is 1. The van der Waals surface area contributed by atoms with E-state index in [4.69, 9.17) is 10.5 Å². The lowest BCUT2D eigenvalue weighted by atomic mass is 10.1. The number of aromatic nitrogens is 4. The van der Waals surface area contributed by atoms with Gasteiger partial charge in [-0.05, 0) is 5.56 Å². The van der Waals surface area contributed by atoms with Gasteiger partial charge in [0.1, 0.15) is 18.3 Å². The van der Waals surface area contributed by atoms with E-state index < -0.39 is 31.1 Å². The molecule has 0 radical (unpaired) electrons. The number of halogens is 1. The van der Waals surface area contributed by atoms with Crippen LogP contribution in [0.15, 0.2) is 30.3 Å². The minimum absolute atomic E-state index is 0.197. The molecule has 148 valence electrons. The predicted octanol–water partition coefficient (Wildman–Crippen LogP) is 0.237. The van der Waals surface area contributed by atoms with E-state index >= 15 is 0 Å². The van der Waals surface area contributed by atoms with Crippen molar-refractivity contribution in [1.82, 2.24) is 19.5 Å². The molecule has 11 heteroatoms. The molecule has 0 amide bonds. The van der Waals surface area contributed by atoms with Gasteiger partial charge < -0.3 is 31.1 Å². The Morgan fingerprint density at radius 3 is 2.57 bits per heavy atom. The molecule has 1 fully saturated rings. The number of nitrogens with zero attached hydrogens (tertiary/aromatic N) is 4. The SMILES string of the molecule is Nc1nc(I)nc2c1nc(NCc1ccccc1)n2[C@@H]1O[C@H](CO)C(O)C1O. The molecule has 0 saturated carbocycles. The number of aliphatic hydroxyl groups is 3. The van der Waals surface area contributed by atoms with Gasteiger partial charge in [0.05, 0.1) is 6.61 Å². The molecule has 0 bridgehead atoms. The monoisotopic (exact) mass is 498 g/mol. The maximum absolute atomic E-state index is 10.5. The van der Waals surface area contributed by atoms with Crippen LogP contribution >= 0.6 is 22.6 Å². The lowest BCUT2D eigenvalue weighted by Gasteiger charge is -2.19. The maximum atomic E-state index is 10.5. The van der Waals surface area contributed by atoms with Crippen molar-refractivity contribution >= 4 is 45.5 Å². The maximum Gasteiger partial charge on any atom is 0.207 e. The molecule has 4 rings (SSSR count). The number of hydrogen-bond donors (Lipinski definition) is 5. The van der Waals surface area contributed by atoms with Crippen LogP contribution in [0.3, 0.4) is 0 Å². The van der Waals surface area contributed by atoms with Crippen LogP contribution in [0, 0.1) is 3.83 Å². The Labute approximate surface area is 173 Å². The molecular weight excluding hydrogens is 479 g/mol. The Kier molecular flexibility index (Phi) is 5.33. The Bertz CT molecular complexity index is 985. The summed E-state index contributed by atoms with van der Waals surface area (Å²) in [6.07, 6.45) is -4.44. The Hall–Kier alpha value is -2.06. The third-order valence-corrected chi connectivity index (χ3v) is 5.09. The van der Waals surface area contributed by atoms with Gasteiger partial charge in [0.25, 0.3) is 0 Å². The van der Waals surface area contributed by atoms with Crippen LogP contribution < -0.4 is 11.1 Å². The number of nitrogens with one attached hydrogen (secondary N) is 1. The molecule has 3 heterocycles. The summed E-state index contributed by atoms with van der Waals surface area (Å²) >= 11 is 1.94. The largest absolute Gasteiger partial charge is 0.394 e. The summed E-state index contributed by atoms with van der Waals surface area (Å²) < 4.78 is 7.64. The first-order valence-electron chi connectivity index (χ1n) is 8.60. The number of benzene rings is 1. The van der Waals surface area contributed by atoms with Crippen LogP contribution in [0.5, 0.6) is 0 Å². The first kappa shape index (κ1) is 19.3. The predicted molar refractivity (Wildman–Crippen MR) is 109 cm³/mol. The summed E-state index contributed by atoms with van der Waals surface area (Å²) in [5, 5.41) is 33.3. The van der Waals surface area contributed by atoms with Crippen LogP contribution in [0.4, 0.5) is 11.8 Å². The molecular formula is C17H19IN6O4. The average molecular weight is 498 g/mol. The minimum Gasteiger partial charge on any atom is -0.394 e. The van der Waals surface area contributed by atoms with Crippen LogP contribution in [0.2, 0.25) is 0 Å². The van der Waals surface area contributed by atoms with Gasteiger partial charge in [-0.3, -0.25) is 4.57 Å². The van der Waals surface area contributed by atoms with Crippen molar-refractivity contribution in [2.45, 2.75) is 31.1 Å². The van der Waals surface area contributed by atoms with Gasteiger partial charge >= 0.3 is 0 Å². The second kappa shape index (κ2) is 7.75. The minimum atomic E-state index is -1.28. The van der Waals surface area contributed by atoms with Crippen molar-refractivity contribution < 1.29 is 20.1 Å². The summed E-state index contributed by atoms with van der Waals surface area (Å²) in [6.45, 7) is 0.0339. The lowest BCUT2D eigenvalue weighted by molar-refractivity contribution is -0.0501. The molecule has 10 nitrogen and oxygen atoms in total. The zero-order valence-electron chi connectivity index (χ0n) is 14.6. The van der Waals surface area contributed by atoms with Crippen LogP contribution in [-0.2, 0) is 11.3 Å². The van der Waals surface area contributed by atoms with Crippen molar-refractivity contribution in [3.8, 4) is 0 Å². The fourth-order valence-electron chi connectivity index (χ4n) is 3.20. The molecule has 6 N–H and O–H groups in total. The van der Waals surface area contributed by atoms with Crippen molar-refractivity contribution in [3.05, 3.63) is 39.7 Å². The molecule has 2 unspecified atom stereocenters. The Morgan fingerprint density at radius 2 is 1.89 bits per heavy atom. The molecule has 0 aliphatic carbocycles. The van der Waals surface area contributed by atoms with Crippen LogP contribution in [0.25, 0.3) is 11.2 Å². The number of hydrogen-bond acceptors (Lipinski definition) is 9. The Balaban J connectivity index is 1.78. The molecule has 2 aromatic heterocycles. The van der Waals surface area contributed by atoms with E-state index in [9.17, 15) is 15.3 Å². The van der Waals surface area contributed by atoms with E-state index in [1.54, 1.807) is 4.57 Å². The number of anilines is 2. The summed E-state index contributed by atoms with van der Waals surface area (Å²) in [5.41, 5.74) is 7.75. The quantitative estimate of drug-likeness (QED) is 0.246. The smallest absolute Gasteiger partial charge is 0.207 e. The first-order valence-corrected chi connectivity index (χ1v) is 9.68. The summed E-state index contributed by atoms with van der Waals surface area (Å²) in [5.74, 6) is 0.555. The van der Waals surface area contributed by atoms with Gasteiger partial charge in [0.2, 0.25) is 5.95 Å². The summed E-state index contributed by atoms with van der Waals surface area (Å²) in [6, 6.07) is 9.71. The number of rotatable bonds is 5. The van der Waals surface area contributed by atoms with Gasteiger partial charge in [-0.1, -0.05) is 30.3 Å². The number of imidazole rings is 1. The molecule has 0 spiro atoms. The van der Waals surface area contributed by atoms with E-state index in [1.165, 1.54) is 0 Å². The van der Waals surface area contributed by atoms with Crippen molar-refractivity contribution in [2.24, 2.45) is 0 Å². The second-order valence-electron chi connectivity index (χ2n) is 6.42. The molecule has 28 heavy (non-hydrogen) atoms.